The minimum absolute atomic E-state index is 0.0850. The lowest BCUT2D eigenvalue weighted by molar-refractivity contribution is -0.131. The molecule has 6 heteroatoms. The summed E-state index contributed by atoms with van der Waals surface area (Å²) in [7, 11) is 1.65. The highest BCUT2D eigenvalue weighted by Crippen LogP contribution is 2.31. The van der Waals surface area contributed by atoms with E-state index in [-0.39, 0.29) is 24.5 Å². The van der Waals surface area contributed by atoms with Crippen LogP contribution in [0.1, 0.15) is 36.4 Å². The van der Waals surface area contributed by atoms with Crippen molar-refractivity contribution in [2.24, 2.45) is 5.92 Å². The van der Waals surface area contributed by atoms with Crippen molar-refractivity contribution in [1.29, 1.82) is 5.26 Å². The van der Waals surface area contributed by atoms with Crippen LogP contribution < -0.4 is 5.32 Å². The second-order valence-corrected chi connectivity index (χ2v) is 6.31. The lowest BCUT2D eigenvalue weighted by atomic mass is 9.91. The molecule has 1 fully saturated rings. The summed E-state index contributed by atoms with van der Waals surface area (Å²) in [5.74, 6) is 0.0520. The third kappa shape index (κ3) is 5.27. The second-order valence-electron chi connectivity index (χ2n) is 6.31. The van der Waals surface area contributed by atoms with Gasteiger partial charge in [-0.25, -0.2) is 0 Å². The molecule has 1 aliphatic rings. The minimum Gasteiger partial charge on any atom is -0.396 e. The molecular weight excluding hydrogens is 318 g/mol. The van der Waals surface area contributed by atoms with Crippen molar-refractivity contribution in [2.45, 2.75) is 25.3 Å². The Morgan fingerprint density at radius 1 is 1.40 bits per heavy atom. The molecule has 0 bridgehead atoms. The van der Waals surface area contributed by atoms with Crippen molar-refractivity contribution in [3.05, 3.63) is 35.4 Å². The number of ether oxygens (including phenoxy) is 1. The maximum atomic E-state index is 12.8. The van der Waals surface area contributed by atoms with Gasteiger partial charge in [-0.2, -0.15) is 5.26 Å². The van der Waals surface area contributed by atoms with Crippen LogP contribution in [-0.4, -0.2) is 55.9 Å². The Kier molecular flexibility index (Phi) is 7.86. The Morgan fingerprint density at radius 2 is 2.16 bits per heavy atom. The van der Waals surface area contributed by atoms with Gasteiger partial charge >= 0.3 is 0 Å². The highest BCUT2D eigenvalue weighted by molar-refractivity contribution is 5.81. The number of carbonyl (C=O) groups is 1. The van der Waals surface area contributed by atoms with Gasteiger partial charge in [0.1, 0.15) is 0 Å². The van der Waals surface area contributed by atoms with Gasteiger partial charge in [-0.15, -0.1) is 0 Å². The maximum Gasteiger partial charge on any atom is 0.227 e. The van der Waals surface area contributed by atoms with Crippen molar-refractivity contribution >= 4 is 5.91 Å². The van der Waals surface area contributed by atoms with Crippen LogP contribution in [0.3, 0.4) is 0 Å². The maximum absolute atomic E-state index is 12.8. The smallest absolute Gasteiger partial charge is 0.227 e. The van der Waals surface area contributed by atoms with Gasteiger partial charge < -0.3 is 20.1 Å². The summed E-state index contributed by atoms with van der Waals surface area (Å²) in [6.07, 6.45) is 2.36. The van der Waals surface area contributed by atoms with Crippen LogP contribution in [0.5, 0.6) is 0 Å². The van der Waals surface area contributed by atoms with Crippen LogP contribution in [0.4, 0.5) is 0 Å². The minimum atomic E-state index is -0.112. The molecule has 2 rings (SSSR count). The third-order valence-electron chi connectivity index (χ3n) is 4.65. The van der Waals surface area contributed by atoms with Crippen LogP contribution in [-0.2, 0) is 9.53 Å². The van der Waals surface area contributed by atoms with E-state index in [2.05, 4.69) is 11.4 Å². The molecule has 0 spiro atoms. The Morgan fingerprint density at radius 3 is 2.80 bits per heavy atom. The monoisotopic (exact) mass is 345 g/mol. The Bertz CT molecular complexity index is 583. The fourth-order valence-electron chi connectivity index (χ4n) is 3.28. The lowest BCUT2D eigenvalue weighted by Gasteiger charge is -2.25. The number of rotatable bonds is 10. The standard InChI is InChI=1S/C19H27N3O3/c1-25-13-9-21-18(16-6-4-15(14-20)5-7-16)17-8-11-22(19(17)24)10-2-3-12-23/h4-7,17-18,21,23H,2-3,8-13H2,1H3/t17-,18+/m1/s1. The molecule has 1 saturated heterocycles. The molecule has 0 aromatic heterocycles. The zero-order valence-electron chi connectivity index (χ0n) is 14.8. The summed E-state index contributed by atoms with van der Waals surface area (Å²) in [5, 5.41) is 21.3. The Labute approximate surface area is 149 Å². The molecule has 1 aromatic carbocycles. The molecule has 2 atom stereocenters. The summed E-state index contributed by atoms with van der Waals surface area (Å²) in [4.78, 5) is 14.7. The number of amides is 1. The number of nitrogens with zero attached hydrogens (tertiary/aromatic N) is 2. The summed E-state index contributed by atoms with van der Waals surface area (Å²) in [6, 6.07) is 9.46. The van der Waals surface area contributed by atoms with Crippen molar-refractivity contribution in [3.8, 4) is 6.07 Å². The van der Waals surface area contributed by atoms with Gasteiger partial charge in [-0.05, 0) is 37.0 Å². The van der Waals surface area contributed by atoms with E-state index in [4.69, 9.17) is 15.1 Å². The van der Waals surface area contributed by atoms with Gasteiger partial charge in [0.15, 0.2) is 0 Å². The van der Waals surface area contributed by atoms with E-state index in [1.165, 1.54) is 0 Å². The van der Waals surface area contributed by atoms with Gasteiger partial charge in [0.2, 0.25) is 5.91 Å². The summed E-state index contributed by atoms with van der Waals surface area (Å²) < 4.78 is 5.12. The molecule has 2 N–H and O–H groups in total. The van der Waals surface area contributed by atoms with Crippen molar-refractivity contribution in [1.82, 2.24) is 10.2 Å². The summed E-state index contributed by atoms with van der Waals surface area (Å²) in [5.41, 5.74) is 1.63. The number of hydrogen-bond acceptors (Lipinski definition) is 5. The highest BCUT2D eigenvalue weighted by atomic mass is 16.5. The van der Waals surface area contributed by atoms with E-state index in [9.17, 15) is 4.79 Å². The zero-order chi connectivity index (χ0) is 18.1. The zero-order valence-corrected chi connectivity index (χ0v) is 14.8. The first-order valence-corrected chi connectivity index (χ1v) is 8.83. The van der Waals surface area contributed by atoms with E-state index >= 15 is 0 Å². The number of aliphatic hydroxyl groups excluding tert-OH is 1. The molecule has 0 saturated carbocycles. The number of aliphatic hydroxyl groups is 1. The number of unbranched alkanes of at least 4 members (excludes halogenated alkanes) is 1. The number of nitriles is 1. The normalized spacial score (nSPS) is 18.4. The van der Waals surface area contributed by atoms with Crippen LogP contribution in [0.25, 0.3) is 0 Å². The lowest BCUT2D eigenvalue weighted by Crippen LogP contribution is -2.36. The van der Waals surface area contributed by atoms with Crippen LogP contribution in [0.2, 0.25) is 0 Å². The molecule has 1 aliphatic heterocycles. The first-order chi connectivity index (χ1) is 12.2. The average Bonchev–Trinajstić information content (AvgIpc) is 3.00. The SMILES string of the molecule is COCCN[C@@H](c1ccc(C#N)cc1)[C@H]1CCN(CCCCO)C1=O. The van der Waals surface area contributed by atoms with E-state index in [0.717, 1.165) is 31.4 Å². The molecule has 0 aliphatic carbocycles. The van der Waals surface area contributed by atoms with Crippen molar-refractivity contribution in [3.63, 3.8) is 0 Å². The van der Waals surface area contributed by atoms with Crippen molar-refractivity contribution < 1.29 is 14.6 Å². The first kappa shape index (κ1) is 19.4. The summed E-state index contributed by atoms with van der Waals surface area (Å²) >= 11 is 0. The van der Waals surface area contributed by atoms with Crippen LogP contribution in [0, 0.1) is 17.2 Å². The van der Waals surface area contributed by atoms with E-state index in [0.29, 0.717) is 25.3 Å². The van der Waals surface area contributed by atoms with E-state index in [1.807, 2.05) is 17.0 Å². The number of hydrogen-bond donors (Lipinski definition) is 2. The van der Waals surface area contributed by atoms with E-state index < -0.39 is 0 Å². The van der Waals surface area contributed by atoms with Crippen LogP contribution >= 0.6 is 0 Å². The number of nitrogens with one attached hydrogen (secondary N) is 1. The predicted octanol–water partition coefficient (Wildman–Crippen LogP) is 1.46. The Hall–Kier alpha value is -1.94. The quantitative estimate of drug-likeness (QED) is 0.627. The number of carbonyl (C=O) groups excluding carboxylic acids is 1. The first-order valence-electron chi connectivity index (χ1n) is 8.83. The van der Waals surface area contributed by atoms with Crippen LogP contribution in [0.15, 0.2) is 24.3 Å². The van der Waals surface area contributed by atoms with Gasteiger partial charge in [0, 0.05) is 39.4 Å². The Balaban J connectivity index is 2.09. The average molecular weight is 345 g/mol. The number of benzene rings is 1. The molecule has 0 unspecified atom stereocenters. The van der Waals surface area contributed by atoms with Crippen molar-refractivity contribution in [2.75, 3.05) is 40.0 Å². The molecule has 1 aromatic rings. The van der Waals surface area contributed by atoms with Gasteiger partial charge in [-0.1, -0.05) is 12.1 Å². The predicted molar refractivity (Wildman–Crippen MR) is 94.8 cm³/mol. The largest absolute Gasteiger partial charge is 0.396 e. The summed E-state index contributed by atoms with van der Waals surface area (Å²) in [6.45, 7) is 2.86. The molecular formula is C19H27N3O3. The van der Waals surface area contributed by atoms with E-state index in [1.54, 1.807) is 19.2 Å². The third-order valence-corrected chi connectivity index (χ3v) is 4.65. The number of methoxy groups -OCH3 is 1. The molecule has 136 valence electrons. The molecule has 1 heterocycles. The molecule has 0 radical (unpaired) electrons. The second kappa shape index (κ2) is 10.1. The van der Waals surface area contributed by atoms with Gasteiger partial charge in [-0.3, -0.25) is 4.79 Å². The molecule has 1 amide bonds. The fraction of sp³-hybridized carbons (Fsp3) is 0.579. The highest BCUT2D eigenvalue weighted by Gasteiger charge is 2.37. The topological polar surface area (TPSA) is 85.6 Å². The molecule has 25 heavy (non-hydrogen) atoms. The van der Waals surface area contributed by atoms with Gasteiger partial charge in [0.25, 0.3) is 0 Å². The molecule has 6 nitrogen and oxygen atoms in total. The van der Waals surface area contributed by atoms with Gasteiger partial charge in [0.05, 0.1) is 24.2 Å². The number of likely N-dealkylation sites (tertiary alicyclic amines) is 1. The fourth-order valence-corrected chi connectivity index (χ4v) is 3.28.